The van der Waals surface area contributed by atoms with Gasteiger partial charge in [-0.2, -0.15) is 0 Å². The van der Waals surface area contributed by atoms with E-state index in [0.717, 1.165) is 14.3 Å². The van der Waals surface area contributed by atoms with Crippen LogP contribution in [-0.2, 0) is 14.8 Å². The molecule has 0 aromatic heterocycles. The van der Waals surface area contributed by atoms with E-state index < -0.39 is 10.0 Å². The molecule has 5 nitrogen and oxygen atoms in total. The van der Waals surface area contributed by atoms with Crippen molar-refractivity contribution in [1.29, 1.82) is 0 Å². The van der Waals surface area contributed by atoms with Gasteiger partial charge < -0.3 is 5.32 Å². The van der Waals surface area contributed by atoms with Gasteiger partial charge in [0.25, 0.3) is 10.0 Å². The molecule has 0 aliphatic heterocycles. The molecule has 150 valence electrons. The fourth-order valence-corrected chi connectivity index (χ4v) is 4.59. The van der Waals surface area contributed by atoms with Crippen molar-refractivity contribution in [3.05, 3.63) is 95.0 Å². The maximum atomic E-state index is 13.2. The Hall–Kier alpha value is -2.64. The third-order valence-electron chi connectivity index (χ3n) is 4.41. The highest BCUT2D eigenvalue weighted by Gasteiger charge is 2.27. The van der Waals surface area contributed by atoms with Crippen molar-refractivity contribution in [3.8, 4) is 0 Å². The van der Waals surface area contributed by atoms with E-state index in [2.05, 4.69) is 21.2 Å². The molecule has 0 saturated heterocycles. The van der Waals surface area contributed by atoms with Gasteiger partial charge in [0.15, 0.2) is 0 Å². The van der Waals surface area contributed by atoms with Crippen LogP contribution in [0.1, 0.15) is 18.5 Å². The first-order valence-corrected chi connectivity index (χ1v) is 11.3. The molecular weight excluding hydrogens is 452 g/mol. The summed E-state index contributed by atoms with van der Waals surface area (Å²) in [5, 5.41) is 2.88. The second-order valence-corrected chi connectivity index (χ2v) is 9.28. The van der Waals surface area contributed by atoms with Gasteiger partial charge in [-0.1, -0.05) is 64.5 Å². The molecule has 0 heterocycles. The smallest absolute Gasteiger partial charge is 0.264 e. The highest BCUT2D eigenvalue weighted by Crippen LogP contribution is 2.25. The SMILES string of the molecule is CC(NC(=O)CN(c1ccc(Br)cc1)S(=O)(=O)c1ccccc1)c1ccccc1. The van der Waals surface area contributed by atoms with Crippen molar-refractivity contribution in [3.63, 3.8) is 0 Å². The average Bonchev–Trinajstić information content (AvgIpc) is 2.74. The molecule has 0 spiro atoms. The van der Waals surface area contributed by atoms with Crippen LogP contribution < -0.4 is 9.62 Å². The molecule has 29 heavy (non-hydrogen) atoms. The van der Waals surface area contributed by atoms with E-state index in [1.807, 2.05) is 37.3 Å². The van der Waals surface area contributed by atoms with Gasteiger partial charge in [-0.25, -0.2) is 8.42 Å². The predicted molar refractivity (Wildman–Crippen MR) is 118 cm³/mol. The maximum Gasteiger partial charge on any atom is 0.264 e. The van der Waals surface area contributed by atoms with Crippen molar-refractivity contribution in [2.24, 2.45) is 0 Å². The molecule has 0 bridgehead atoms. The summed E-state index contributed by atoms with van der Waals surface area (Å²) in [5.41, 5.74) is 1.36. The molecular formula is C22H21BrN2O3S. The third kappa shape index (κ3) is 5.25. The first-order valence-electron chi connectivity index (χ1n) is 9.05. The number of nitrogens with one attached hydrogen (secondary N) is 1. The fourth-order valence-electron chi connectivity index (χ4n) is 2.88. The summed E-state index contributed by atoms with van der Waals surface area (Å²) in [6.45, 7) is 1.54. The Bertz CT molecular complexity index is 1060. The number of anilines is 1. The van der Waals surface area contributed by atoms with E-state index in [4.69, 9.17) is 0 Å². The molecule has 0 aliphatic rings. The number of nitrogens with zero attached hydrogens (tertiary/aromatic N) is 1. The second-order valence-electron chi connectivity index (χ2n) is 6.50. The number of hydrogen-bond acceptors (Lipinski definition) is 3. The lowest BCUT2D eigenvalue weighted by atomic mass is 10.1. The number of hydrogen-bond donors (Lipinski definition) is 1. The average molecular weight is 473 g/mol. The molecule has 7 heteroatoms. The van der Waals surface area contributed by atoms with Crippen LogP contribution in [-0.4, -0.2) is 20.9 Å². The summed E-state index contributed by atoms with van der Waals surface area (Å²) in [7, 11) is -3.91. The summed E-state index contributed by atoms with van der Waals surface area (Å²) in [6, 6.07) is 24.2. The number of rotatable bonds is 7. The minimum absolute atomic E-state index is 0.131. The van der Waals surface area contributed by atoms with E-state index in [9.17, 15) is 13.2 Å². The highest BCUT2D eigenvalue weighted by molar-refractivity contribution is 9.10. The Morgan fingerprint density at radius 3 is 2.07 bits per heavy atom. The number of carbonyl (C=O) groups excluding carboxylic acids is 1. The molecule has 0 aliphatic carbocycles. The molecule has 1 amide bonds. The van der Waals surface area contributed by atoms with Gasteiger partial charge >= 0.3 is 0 Å². The van der Waals surface area contributed by atoms with Crippen LogP contribution in [0.25, 0.3) is 0 Å². The van der Waals surface area contributed by atoms with Gasteiger partial charge in [0.2, 0.25) is 5.91 Å². The van der Waals surface area contributed by atoms with E-state index in [-0.39, 0.29) is 23.4 Å². The Kier molecular flexibility index (Phi) is 6.71. The monoisotopic (exact) mass is 472 g/mol. The van der Waals surface area contributed by atoms with Gasteiger partial charge in [0, 0.05) is 4.47 Å². The van der Waals surface area contributed by atoms with Crippen molar-refractivity contribution < 1.29 is 13.2 Å². The van der Waals surface area contributed by atoms with Crippen molar-refractivity contribution >= 4 is 37.5 Å². The summed E-state index contributed by atoms with van der Waals surface area (Å²) >= 11 is 3.35. The Morgan fingerprint density at radius 1 is 0.931 bits per heavy atom. The largest absolute Gasteiger partial charge is 0.348 e. The minimum Gasteiger partial charge on any atom is -0.348 e. The molecule has 3 aromatic carbocycles. The quantitative estimate of drug-likeness (QED) is 0.549. The number of halogens is 1. The van der Waals surface area contributed by atoms with Crippen molar-refractivity contribution in [2.45, 2.75) is 17.9 Å². The van der Waals surface area contributed by atoms with Crippen LogP contribution in [0.4, 0.5) is 5.69 Å². The summed E-state index contributed by atoms with van der Waals surface area (Å²) in [4.78, 5) is 12.9. The van der Waals surface area contributed by atoms with Crippen LogP contribution >= 0.6 is 15.9 Å². The number of sulfonamides is 1. The third-order valence-corrected chi connectivity index (χ3v) is 6.73. The number of amides is 1. The van der Waals surface area contributed by atoms with E-state index in [0.29, 0.717) is 5.69 Å². The lowest BCUT2D eigenvalue weighted by Crippen LogP contribution is -2.41. The Labute approximate surface area is 179 Å². The lowest BCUT2D eigenvalue weighted by Gasteiger charge is -2.25. The van der Waals surface area contributed by atoms with Crippen molar-refractivity contribution in [2.75, 3.05) is 10.8 Å². The van der Waals surface area contributed by atoms with Crippen LogP contribution in [0.5, 0.6) is 0 Å². The summed E-state index contributed by atoms with van der Waals surface area (Å²) in [6.07, 6.45) is 0. The molecule has 0 radical (unpaired) electrons. The molecule has 0 saturated carbocycles. The topological polar surface area (TPSA) is 66.5 Å². The predicted octanol–water partition coefficient (Wildman–Crippen LogP) is 4.52. The van der Waals surface area contributed by atoms with Gasteiger partial charge in [-0.3, -0.25) is 9.10 Å². The van der Waals surface area contributed by atoms with Gasteiger partial charge in [0.1, 0.15) is 6.54 Å². The van der Waals surface area contributed by atoms with Crippen LogP contribution in [0.2, 0.25) is 0 Å². The summed E-state index contributed by atoms with van der Waals surface area (Å²) < 4.78 is 28.4. The number of benzene rings is 3. The zero-order chi connectivity index (χ0) is 20.9. The Balaban J connectivity index is 1.87. The molecule has 1 unspecified atom stereocenters. The Morgan fingerprint density at radius 2 is 1.48 bits per heavy atom. The van der Waals surface area contributed by atoms with Crippen LogP contribution in [0, 0.1) is 0 Å². The highest BCUT2D eigenvalue weighted by atomic mass is 79.9. The lowest BCUT2D eigenvalue weighted by molar-refractivity contribution is -0.120. The molecule has 0 fully saturated rings. The minimum atomic E-state index is -3.91. The van der Waals surface area contributed by atoms with Crippen LogP contribution in [0.15, 0.2) is 94.3 Å². The summed E-state index contributed by atoms with van der Waals surface area (Å²) in [5.74, 6) is -0.385. The molecule has 1 N–H and O–H groups in total. The zero-order valence-electron chi connectivity index (χ0n) is 15.8. The van der Waals surface area contributed by atoms with E-state index in [1.165, 1.54) is 12.1 Å². The second kappa shape index (κ2) is 9.24. The van der Waals surface area contributed by atoms with Gasteiger partial charge in [0.05, 0.1) is 16.6 Å². The first-order chi connectivity index (χ1) is 13.9. The maximum absolute atomic E-state index is 13.2. The van der Waals surface area contributed by atoms with E-state index in [1.54, 1.807) is 42.5 Å². The van der Waals surface area contributed by atoms with Gasteiger partial charge in [-0.05, 0) is 48.9 Å². The van der Waals surface area contributed by atoms with Crippen molar-refractivity contribution in [1.82, 2.24) is 5.32 Å². The molecule has 1 atom stereocenters. The molecule has 3 rings (SSSR count). The zero-order valence-corrected chi connectivity index (χ0v) is 18.2. The fraction of sp³-hybridized carbons (Fsp3) is 0.136. The van der Waals surface area contributed by atoms with Gasteiger partial charge in [-0.15, -0.1) is 0 Å². The number of carbonyl (C=O) groups is 1. The van der Waals surface area contributed by atoms with E-state index >= 15 is 0 Å². The van der Waals surface area contributed by atoms with Crippen LogP contribution in [0.3, 0.4) is 0 Å². The standard InChI is InChI=1S/C22H21BrN2O3S/c1-17(18-8-4-2-5-9-18)24-22(26)16-25(20-14-12-19(23)13-15-20)29(27,28)21-10-6-3-7-11-21/h2-15,17H,16H2,1H3,(H,24,26). The first kappa shape index (κ1) is 21.1. The normalized spacial score (nSPS) is 12.2. The molecule has 3 aromatic rings.